The van der Waals surface area contributed by atoms with E-state index in [1.54, 1.807) is 13.0 Å². The summed E-state index contributed by atoms with van der Waals surface area (Å²) in [6, 6.07) is 0. The first-order valence-corrected chi connectivity index (χ1v) is 4.11. The Morgan fingerprint density at radius 1 is 1.58 bits per heavy atom. The lowest BCUT2D eigenvalue weighted by atomic mass is 9.88. The molecule has 0 aliphatic heterocycles. The third kappa shape index (κ3) is 3.34. The zero-order valence-electron chi connectivity index (χ0n) is 7.79. The second kappa shape index (κ2) is 5.30. The highest BCUT2D eigenvalue weighted by molar-refractivity contribution is 4.75. The Balaban J connectivity index is 3.87. The van der Waals surface area contributed by atoms with Crippen molar-refractivity contribution < 1.29 is 14.9 Å². The zero-order chi connectivity index (χ0) is 9.61. The molecule has 0 aromatic heterocycles. The van der Waals surface area contributed by atoms with Gasteiger partial charge in [-0.05, 0) is 6.42 Å². The molecule has 0 radical (unpaired) electrons. The number of aliphatic hydroxyl groups excluding tert-OH is 1. The Morgan fingerprint density at radius 2 is 2.17 bits per heavy atom. The number of hydrogen-bond donors (Lipinski definition) is 2. The van der Waals surface area contributed by atoms with Crippen molar-refractivity contribution in [1.82, 2.24) is 0 Å². The van der Waals surface area contributed by atoms with Crippen LogP contribution >= 0.6 is 0 Å². The van der Waals surface area contributed by atoms with Crippen molar-refractivity contribution in [3.05, 3.63) is 12.7 Å². The van der Waals surface area contributed by atoms with E-state index in [0.29, 0.717) is 19.6 Å². The highest BCUT2D eigenvalue weighted by atomic mass is 16.5. The summed E-state index contributed by atoms with van der Waals surface area (Å²) >= 11 is 0. The van der Waals surface area contributed by atoms with Crippen molar-refractivity contribution >= 4 is 0 Å². The summed E-state index contributed by atoms with van der Waals surface area (Å²) in [5.74, 6) is 0. The monoisotopic (exact) mass is 174 g/mol. The summed E-state index contributed by atoms with van der Waals surface area (Å²) in [6.07, 6.45) is 0.981. The van der Waals surface area contributed by atoms with Crippen LogP contribution in [-0.4, -0.2) is 29.7 Å². The molecule has 1 unspecified atom stereocenters. The molecule has 0 saturated heterocycles. The van der Waals surface area contributed by atoms with E-state index < -0.39 is 11.7 Å². The molecule has 2 N–H and O–H groups in total. The highest BCUT2D eigenvalue weighted by Crippen LogP contribution is 2.24. The van der Waals surface area contributed by atoms with Crippen molar-refractivity contribution in [2.75, 3.05) is 13.2 Å². The summed E-state index contributed by atoms with van der Waals surface area (Å²) in [5, 5.41) is 18.0. The molecule has 0 aliphatic carbocycles. The molecule has 0 bridgehead atoms. The Hall–Kier alpha value is -0.380. The Bertz CT molecular complexity index is 134. The van der Waals surface area contributed by atoms with Gasteiger partial charge in [0.1, 0.15) is 0 Å². The van der Waals surface area contributed by atoms with E-state index in [9.17, 15) is 0 Å². The van der Waals surface area contributed by atoms with Crippen molar-refractivity contribution in [3.8, 4) is 0 Å². The van der Waals surface area contributed by atoms with E-state index in [-0.39, 0.29) is 0 Å². The molecule has 0 heterocycles. The third-order valence-electron chi connectivity index (χ3n) is 2.10. The van der Waals surface area contributed by atoms with E-state index >= 15 is 0 Å². The van der Waals surface area contributed by atoms with Gasteiger partial charge in [0.25, 0.3) is 0 Å². The van der Waals surface area contributed by atoms with Crippen molar-refractivity contribution in [1.29, 1.82) is 0 Å². The Morgan fingerprint density at radius 3 is 2.50 bits per heavy atom. The van der Waals surface area contributed by atoms with Crippen molar-refractivity contribution in [2.45, 2.75) is 26.6 Å². The molecule has 0 saturated carbocycles. The molecule has 0 fully saturated rings. The fraction of sp³-hybridized carbons (Fsp3) is 0.778. The summed E-state index contributed by atoms with van der Waals surface area (Å²) in [7, 11) is 0. The lowest BCUT2D eigenvalue weighted by Crippen LogP contribution is -2.36. The second-order valence-electron chi connectivity index (χ2n) is 3.19. The highest BCUT2D eigenvalue weighted by Gasteiger charge is 2.29. The first kappa shape index (κ1) is 11.6. The van der Waals surface area contributed by atoms with Gasteiger partial charge in [-0.15, -0.1) is 6.58 Å². The molecule has 0 aliphatic rings. The minimum Gasteiger partial charge on any atom is -0.377 e. The lowest BCUT2D eigenvalue weighted by molar-refractivity contribution is -0.152. The molecule has 3 heteroatoms. The van der Waals surface area contributed by atoms with Gasteiger partial charge in [-0.3, -0.25) is 0 Å². The van der Waals surface area contributed by atoms with Crippen molar-refractivity contribution in [3.63, 3.8) is 0 Å². The molecule has 0 spiro atoms. The second-order valence-corrected chi connectivity index (χ2v) is 3.19. The van der Waals surface area contributed by atoms with Gasteiger partial charge in [0.2, 0.25) is 0 Å². The largest absolute Gasteiger partial charge is 0.377 e. The summed E-state index contributed by atoms with van der Waals surface area (Å²) < 4.78 is 5.16. The van der Waals surface area contributed by atoms with Crippen LogP contribution in [0.3, 0.4) is 0 Å². The van der Waals surface area contributed by atoms with Crippen LogP contribution in [0.5, 0.6) is 0 Å². The fourth-order valence-corrected chi connectivity index (χ4v) is 0.735. The maximum Gasteiger partial charge on any atom is 0.159 e. The molecule has 0 amide bonds. The van der Waals surface area contributed by atoms with Crippen molar-refractivity contribution in [2.24, 2.45) is 5.41 Å². The van der Waals surface area contributed by atoms with E-state index in [1.807, 2.05) is 6.92 Å². The fourth-order valence-electron chi connectivity index (χ4n) is 0.735. The Labute approximate surface area is 73.7 Å². The number of rotatable bonds is 6. The third-order valence-corrected chi connectivity index (χ3v) is 2.10. The van der Waals surface area contributed by atoms with Gasteiger partial charge in [0.05, 0.1) is 13.2 Å². The number of hydrogen-bond acceptors (Lipinski definition) is 3. The normalized spacial score (nSPS) is 16.1. The lowest BCUT2D eigenvalue weighted by Gasteiger charge is -2.29. The van der Waals surface area contributed by atoms with Crippen LogP contribution in [0, 0.1) is 5.41 Å². The first-order chi connectivity index (χ1) is 5.56. The minimum atomic E-state index is -1.33. The van der Waals surface area contributed by atoms with Crippen LogP contribution in [0.15, 0.2) is 12.7 Å². The van der Waals surface area contributed by atoms with Gasteiger partial charge in [-0.25, -0.2) is 0 Å². The van der Waals surface area contributed by atoms with Crippen LogP contribution in [-0.2, 0) is 4.74 Å². The first-order valence-electron chi connectivity index (χ1n) is 4.11. The summed E-state index contributed by atoms with van der Waals surface area (Å²) in [4.78, 5) is 0. The molecule has 0 aromatic carbocycles. The standard InChI is InChI=1S/C9H18O3/c1-4-6-12-7-9(3,5-2)8(10)11/h4,8,10-11H,1,5-7H2,2-3H3. The van der Waals surface area contributed by atoms with Gasteiger partial charge < -0.3 is 14.9 Å². The van der Waals surface area contributed by atoms with Gasteiger partial charge in [0.15, 0.2) is 6.29 Å². The van der Waals surface area contributed by atoms with Crippen LogP contribution < -0.4 is 0 Å². The molecular weight excluding hydrogens is 156 g/mol. The quantitative estimate of drug-likeness (QED) is 0.357. The maximum absolute atomic E-state index is 9.02. The molecule has 3 nitrogen and oxygen atoms in total. The molecule has 12 heavy (non-hydrogen) atoms. The number of ether oxygens (including phenoxy) is 1. The molecule has 0 rings (SSSR count). The predicted molar refractivity (Wildman–Crippen MR) is 47.6 cm³/mol. The topological polar surface area (TPSA) is 49.7 Å². The molecule has 0 aromatic rings. The van der Waals surface area contributed by atoms with Crippen LogP contribution in [0.4, 0.5) is 0 Å². The van der Waals surface area contributed by atoms with Crippen LogP contribution in [0.25, 0.3) is 0 Å². The smallest absolute Gasteiger partial charge is 0.159 e. The average molecular weight is 174 g/mol. The van der Waals surface area contributed by atoms with Crippen LogP contribution in [0.2, 0.25) is 0 Å². The average Bonchev–Trinajstić information content (AvgIpc) is 2.04. The molecular formula is C9H18O3. The van der Waals surface area contributed by atoms with E-state index in [0.717, 1.165) is 0 Å². The molecule has 72 valence electrons. The summed E-state index contributed by atoms with van der Waals surface area (Å²) in [6.45, 7) is 7.97. The van der Waals surface area contributed by atoms with Gasteiger partial charge in [0, 0.05) is 5.41 Å². The van der Waals surface area contributed by atoms with Crippen LogP contribution in [0.1, 0.15) is 20.3 Å². The maximum atomic E-state index is 9.02. The minimum absolute atomic E-state index is 0.340. The predicted octanol–water partition coefficient (Wildman–Crippen LogP) is 0.916. The Kier molecular flexibility index (Phi) is 5.13. The van der Waals surface area contributed by atoms with Gasteiger partial charge in [-0.1, -0.05) is 19.9 Å². The molecule has 1 atom stereocenters. The number of aliphatic hydroxyl groups is 2. The van der Waals surface area contributed by atoms with E-state index in [1.165, 1.54) is 0 Å². The van der Waals surface area contributed by atoms with E-state index in [2.05, 4.69) is 6.58 Å². The van der Waals surface area contributed by atoms with Gasteiger partial charge in [-0.2, -0.15) is 0 Å². The SMILES string of the molecule is C=CCOCC(C)(CC)C(O)O. The van der Waals surface area contributed by atoms with Gasteiger partial charge >= 0.3 is 0 Å². The summed E-state index contributed by atoms with van der Waals surface area (Å²) in [5.41, 5.74) is -0.566. The zero-order valence-corrected chi connectivity index (χ0v) is 7.79. The van der Waals surface area contributed by atoms with E-state index in [4.69, 9.17) is 14.9 Å².